The molecule has 0 saturated carbocycles. The van der Waals surface area contributed by atoms with Gasteiger partial charge in [-0.25, -0.2) is 0 Å². The Morgan fingerprint density at radius 3 is 3.03 bits per heavy atom. The summed E-state index contributed by atoms with van der Waals surface area (Å²) >= 11 is 0. The summed E-state index contributed by atoms with van der Waals surface area (Å²) in [6.07, 6.45) is 4.34. The first-order valence-electron chi connectivity index (χ1n) is 11.8. The largest absolute Gasteiger partial charge is 0.493 e. The number of aromatic nitrogens is 2. The fourth-order valence-electron chi connectivity index (χ4n) is 4.92. The van der Waals surface area contributed by atoms with Gasteiger partial charge in [-0.2, -0.15) is 5.10 Å². The highest BCUT2D eigenvalue weighted by atomic mass is 16.5. The molecule has 1 atom stereocenters. The van der Waals surface area contributed by atoms with Crippen LogP contribution in [0.4, 0.5) is 0 Å². The Kier molecular flexibility index (Phi) is 6.03. The first-order chi connectivity index (χ1) is 16.1. The number of ether oxygens (including phenoxy) is 1. The van der Waals surface area contributed by atoms with Gasteiger partial charge in [0.15, 0.2) is 5.69 Å². The second-order valence-electron chi connectivity index (χ2n) is 9.26. The lowest BCUT2D eigenvalue weighted by molar-refractivity contribution is -0.122. The van der Waals surface area contributed by atoms with Crippen LogP contribution in [0.15, 0.2) is 36.4 Å². The molecular formula is C26H30N4O3. The number of hydrogen-bond acceptors (Lipinski definition) is 4. The number of nitrogens with zero attached hydrogens (tertiary/aromatic N) is 2. The smallest absolute Gasteiger partial charge is 0.275 e. The molecule has 3 heterocycles. The third kappa shape index (κ3) is 4.72. The summed E-state index contributed by atoms with van der Waals surface area (Å²) in [4.78, 5) is 27.7. The molecule has 7 nitrogen and oxygen atoms in total. The van der Waals surface area contributed by atoms with Crippen molar-refractivity contribution in [1.82, 2.24) is 20.4 Å². The molecule has 2 aliphatic rings. The summed E-state index contributed by atoms with van der Waals surface area (Å²) in [7, 11) is 0. The SMILES string of the molecule is Cc1ccc2[nH]nc(C(=O)N3CCCC(CC(=O)NCc4ccc5c(c4)CCCO5)C3)c2c1. The third-order valence-corrected chi connectivity index (χ3v) is 6.66. The number of amides is 2. The predicted molar refractivity (Wildman–Crippen MR) is 126 cm³/mol. The van der Waals surface area contributed by atoms with E-state index in [0.29, 0.717) is 31.7 Å². The van der Waals surface area contributed by atoms with Gasteiger partial charge in [-0.1, -0.05) is 23.8 Å². The summed E-state index contributed by atoms with van der Waals surface area (Å²) in [5.41, 5.74) is 4.74. The molecule has 172 valence electrons. The van der Waals surface area contributed by atoms with Crippen molar-refractivity contribution < 1.29 is 14.3 Å². The van der Waals surface area contributed by atoms with Crippen LogP contribution in [-0.4, -0.2) is 46.6 Å². The highest BCUT2D eigenvalue weighted by molar-refractivity contribution is 6.04. The predicted octanol–water partition coefficient (Wildman–Crippen LogP) is 3.76. The van der Waals surface area contributed by atoms with Gasteiger partial charge in [0, 0.05) is 31.4 Å². The molecule has 2 aliphatic heterocycles. The van der Waals surface area contributed by atoms with Gasteiger partial charge in [-0.05, 0) is 67.9 Å². The Morgan fingerprint density at radius 1 is 1.21 bits per heavy atom. The Morgan fingerprint density at radius 2 is 2.12 bits per heavy atom. The molecule has 7 heteroatoms. The average molecular weight is 447 g/mol. The van der Waals surface area contributed by atoms with Gasteiger partial charge in [-0.3, -0.25) is 14.7 Å². The standard InChI is InChI=1S/C26H30N4O3/c1-17-6-8-22-21(12-17)25(29-28-22)26(32)30-10-2-4-19(16-30)14-24(31)27-15-18-7-9-23-20(13-18)5-3-11-33-23/h6-9,12-13,19H,2-5,10-11,14-16H2,1H3,(H,27,31)(H,28,29). The van der Waals surface area contributed by atoms with Gasteiger partial charge >= 0.3 is 0 Å². The molecule has 1 unspecified atom stereocenters. The van der Waals surface area contributed by atoms with Crippen molar-refractivity contribution in [1.29, 1.82) is 0 Å². The average Bonchev–Trinajstić information content (AvgIpc) is 3.25. The number of likely N-dealkylation sites (tertiary alicyclic amines) is 1. The number of H-pyrrole nitrogens is 1. The highest BCUT2D eigenvalue weighted by Gasteiger charge is 2.28. The maximum absolute atomic E-state index is 13.2. The van der Waals surface area contributed by atoms with E-state index >= 15 is 0 Å². The number of piperidine rings is 1. The van der Waals surface area contributed by atoms with E-state index in [4.69, 9.17) is 4.74 Å². The number of nitrogens with one attached hydrogen (secondary N) is 2. The molecule has 2 aromatic carbocycles. The fourth-order valence-corrected chi connectivity index (χ4v) is 4.92. The maximum atomic E-state index is 13.2. The Hall–Kier alpha value is -3.35. The van der Waals surface area contributed by atoms with Crippen LogP contribution in [0.2, 0.25) is 0 Å². The van der Waals surface area contributed by atoms with Crippen LogP contribution in [0, 0.1) is 12.8 Å². The van der Waals surface area contributed by atoms with Crippen molar-refractivity contribution in [2.45, 2.75) is 45.6 Å². The van der Waals surface area contributed by atoms with Gasteiger partial charge in [0.2, 0.25) is 5.91 Å². The molecule has 5 rings (SSSR count). The summed E-state index contributed by atoms with van der Waals surface area (Å²) in [6, 6.07) is 12.1. The number of fused-ring (bicyclic) bond motifs is 2. The van der Waals surface area contributed by atoms with E-state index in [1.165, 1.54) is 5.56 Å². The van der Waals surface area contributed by atoms with Crippen molar-refractivity contribution in [2.24, 2.45) is 5.92 Å². The Balaban J connectivity index is 1.17. The third-order valence-electron chi connectivity index (χ3n) is 6.66. The van der Waals surface area contributed by atoms with Crippen LogP contribution < -0.4 is 10.1 Å². The molecule has 3 aromatic rings. The topological polar surface area (TPSA) is 87.3 Å². The van der Waals surface area contributed by atoms with Crippen LogP contribution >= 0.6 is 0 Å². The first-order valence-corrected chi connectivity index (χ1v) is 11.8. The number of carbonyl (C=O) groups excluding carboxylic acids is 2. The van der Waals surface area contributed by atoms with Crippen LogP contribution in [0.1, 0.15) is 52.9 Å². The number of rotatable bonds is 5. The molecule has 1 saturated heterocycles. The molecule has 2 amide bonds. The van der Waals surface area contributed by atoms with Gasteiger partial charge in [-0.15, -0.1) is 0 Å². The minimum atomic E-state index is -0.0618. The number of aromatic amines is 1. The highest BCUT2D eigenvalue weighted by Crippen LogP contribution is 2.26. The van der Waals surface area contributed by atoms with E-state index in [2.05, 4.69) is 21.6 Å². The van der Waals surface area contributed by atoms with Crippen molar-refractivity contribution in [3.63, 3.8) is 0 Å². The van der Waals surface area contributed by atoms with E-state index in [1.807, 2.05) is 42.2 Å². The van der Waals surface area contributed by atoms with Crippen molar-refractivity contribution in [3.8, 4) is 5.75 Å². The molecule has 0 radical (unpaired) electrons. The molecule has 0 spiro atoms. The molecule has 0 aliphatic carbocycles. The normalized spacial score (nSPS) is 18.0. The summed E-state index contributed by atoms with van der Waals surface area (Å²) < 4.78 is 5.66. The van der Waals surface area contributed by atoms with E-state index in [0.717, 1.165) is 60.1 Å². The minimum absolute atomic E-state index is 0.0316. The quantitative estimate of drug-likeness (QED) is 0.625. The van der Waals surface area contributed by atoms with Crippen molar-refractivity contribution in [3.05, 3.63) is 58.8 Å². The molecule has 0 bridgehead atoms. The van der Waals surface area contributed by atoms with Crippen LogP contribution in [0.3, 0.4) is 0 Å². The first kappa shape index (κ1) is 21.5. The van der Waals surface area contributed by atoms with E-state index < -0.39 is 0 Å². The Bertz CT molecular complexity index is 1190. The number of hydrogen-bond donors (Lipinski definition) is 2. The Labute approximate surface area is 193 Å². The van der Waals surface area contributed by atoms with Crippen LogP contribution in [0.25, 0.3) is 10.9 Å². The lowest BCUT2D eigenvalue weighted by Crippen LogP contribution is -2.41. The van der Waals surface area contributed by atoms with Gasteiger partial charge in [0.25, 0.3) is 5.91 Å². The van der Waals surface area contributed by atoms with E-state index in [1.54, 1.807) is 0 Å². The van der Waals surface area contributed by atoms with E-state index in [9.17, 15) is 9.59 Å². The molecule has 1 fully saturated rings. The van der Waals surface area contributed by atoms with Gasteiger partial charge in [0.05, 0.1) is 12.1 Å². The van der Waals surface area contributed by atoms with Crippen molar-refractivity contribution in [2.75, 3.05) is 19.7 Å². The van der Waals surface area contributed by atoms with E-state index in [-0.39, 0.29) is 17.7 Å². The minimum Gasteiger partial charge on any atom is -0.493 e. The zero-order valence-electron chi connectivity index (χ0n) is 19.0. The second-order valence-corrected chi connectivity index (χ2v) is 9.26. The monoisotopic (exact) mass is 446 g/mol. The summed E-state index contributed by atoms with van der Waals surface area (Å²) in [5, 5.41) is 11.2. The number of benzene rings is 2. The molecular weight excluding hydrogens is 416 g/mol. The lowest BCUT2D eigenvalue weighted by Gasteiger charge is -2.32. The zero-order valence-corrected chi connectivity index (χ0v) is 19.0. The molecule has 1 aromatic heterocycles. The number of aryl methyl sites for hydroxylation is 2. The second kappa shape index (κ2) is 9.25. The summed E-state index contributed by atoms with van der Waals surface area (Å²) in [5.74, 6) is 1.09. The molecule has 2 N–H and O–H groups in total. The van der Waals surface area contributed by atoms with Crippen LogP contribution in [-0.2, 0) is 17.8 Å². The van der Waals surface area contributed by atoms with Crippen LogP contribution in [0.5, 0.6) is 5.75 Å². The number of carbonyl (C=O) groups is 2. The van der Waals surface area contributed by atoms with Gasteiger partial charge in [0.1, 0.15) is 5.75 Å². The van der Waals surface area contributed by atoms with Gasteiger partial charge < -0.3 is 15.0 Å². The maximum Gasteiger partial charge on any atom is 0.275 e. The zero-order chi connectivity index (χ0) is 22.8. The fraction of sp³-hybridized carbons (Fsp3) is 0.423. The van der Waals surface area contributed by atoms with Crippen molar-refractivity contribution >= 4 is 22.7 Å². The molecule has 33 heavy (non-hydrogen) atoms. The lowest BCUT2D eigenvalue weighted by atomic mass is 9.94. The summed E-state index contributed by atoms with van der Waals surface area (Å²) in [6.45, 7) is 4.59.